The van der Waals surface area contributed by atoms with E-state index < -0.39 is 92.4 Å². The first-order valence-electron chi connectivity index (χ1n) is 20.1. The minimum atomic E-state index is -5.11. The highest BCUT2D eigenvalue weighted by Gasteiger charge is 2.64. The Bertz CT molecular complexity index is 2370. The standard InChI is InChI=1S/C40H49ClF3N7O8S/c1-6-23-17-22(2)9-7-8-10-24-20-39(24,34(54)48-60(57,58)38(5)13-14-38)47-31(52)29-19-26(21-50(29)33(53)30(23)51(36(55)56)37(3,4)40(42,43)44)59-32-27-18-25(41)11-12-28(27)49-16-15-45-35(49)46-32/h8,10-12,15-16,18,22-24,26,29-30H,6-7,9,13-14,17,19-21H2,1-5H3,(H,47,52)(H,48,54)(H,55,56)/t22-,23+,24+,26+,29-,30-,39+/m0/s1. The van der Waals surface area contributed by atoms with Gasteiger partial charge in [-0.05, 0) is 89.3 Å². The molecule has 0 radical (unpaired) electrons. The second kappa shape index (κ2) is 15.4. The largest absolute Gasteiger partial charge is 0.472 e. The number of sulfonamides is 1. The summed E-state index contributed by atoms with van der Waals surface area (Å²) >= 11 is 6.38. The summed E-state index contributed by atoms with van der Waals surface area (Å²) in [6.45, 7) is 6.06. The lowest BCUT2D eigenvalue weighted by Crippen LogP contribution is -2.66. The molecule has 326 valence electrons. The maximum absolute atomic E-state index is 15.2. The van der Waals surface area contributed by atoms with Crippen LogP contribution in [0.1, 0.15) is 86.0 Å². The van der Waals surface area contributed by atoms with Gasteiger partial charge < -0.3 is 20.1 Å². The number of ether oxygens (including phenoxy) is 1. The molecule has 7 atom stereocenters. The van der Waals surface area contributed by atoms with Gasteiger partial charge in [0.2, 0.25) is 33.5 Å². The van der Waals surface area contributed by atoms with Gasteiger partial charge in [0, 0.05) is 29.8 Å². The van der Waals surface area contributed by atoms with Crippen LogP contribution in [0.25, 0.3) is 16.7 Å². The van der Waals surface area contributed by atoms with Gasteiger partial charge in [0.25, 0.3) is 5.91 Å². The van der Waals surface area contributed by atoms with Crippen LogP contribution in [0, 0.1) is 17.8 Å². The minimum Gasteiger partial charge on any atom is -0.472 e. The molecular formula is C40H49ClF3N7O8S. The van der Waals surface area contributed by atoms with Crippen LogP contribution >= 0.6 is 11.6 Å². The number of amides is 4. The molecule has 2 saturated carbocycles. The molecule has 1 saturated heterocycles. The van der Waals surface area contributed by atoms with Gasteiger partial charge in [0.1, 0.15) is 29.3 Å². The van der Waals surface area contributed by atoms with Crippen molar-refractivity contribution in [2.75, 3.05) is 6.54 Å². The molecule has 2 aliphatic heterocycles. The van der Waals surface area contributed by atoms with Crippen molar-refractivity contribution in [1.29, 1.82) is 0 Å². The van der Waals surface area contributed by atoms with Crippen molar-refractivity contribution in [2.45, 2.75) is 126 Å². The molecule has 4 aliphatic rings. The molecule has 0 spiro atoms. The van der Waals surface area contributed by atoms with Gasteiger partial charge in [-0.2, -0.15) is 18.2 Å². The predicted molar refractivity (Wildman–Crippen MR) is 213 cm³/mol. The van der Waals surface area contributed by atoms with E-state index in [9.17, 15) is 41.1 Å². The number of rotatable bonds is 8. The van der Waals surface area contributed by atoms with E-state index in [4.69, 9.17) is 16.3 Å². The number of carboxylic acid groups (broad SMARTS) is 1. The summed E-state index contributed by atoms with van der Waals surface area (Å²) in [6.07, 6.45) is 0.372. The first-order valence-corrected chi connectivity index (χ1v) is 21.9. The summed E-state index contributed by atoms with van der Waals surface area (Å²) in [5.74, 6) is -4.34. The van der Waals surface area contributed by atoms with Crippen molar-refractivity contribution in [3.63, 3.8) is 0 Å². The van der Waals surface area contributed by atoms with Gasteiger partial charge >= 0.3 is 12.3 Å². The molecule has 60 heavy (non-hydrogen) atoms. The topological polar surface area (TPSA) is 193 Å². The Morgan fingerprint density at radius 3 is 2.55 bits per heavy atom. The summed E-state index contributed by atoms with van der Waals surface area (Å²) in [5.41, 5.74) is -4.17. The lowest BCUT2D eigenvalue weighted by molar-refractivity contribution is -0.222. The smallest absolute Gasteiger partial charge is 0.411 e. The van der Waals surface area contributed by atoms with E-state index in [1.807, 2.05) is 13.0 Å². The fourth-order valence-electron chi connectivity index (χ4n) is 8.63. The Balaban J connectivity index is 1.32. The van der Waals surface area contributed by atoms with Gasteiger partial charge in [0.05, 0.1) is 22.2 Å². The Morgan fingerprint density at radius 2 is 1.90 bits per heavy atom. The zero-order valence-corrected chi connectivity index (χ0v) is 35.4. The number of halogens is 4. The molecule has 0 unspecified atom stereocenters. The Hall–Kier alpha value is -4.65. The Morgan fingerprint density at radius 1 is 1.18 bits per heavy atom. The molecule has 1 aromatic carbocycles. The number of aromatic nitrogens is 3. The van der Waals surface area contributed by atoms with Gasteiger partial charge in [-0.15, -0.1) is 0 Å². The van der Waals surface area contributed by atoms with E-state index >= 15 is 4.79 Å². The monoisotopic (exact) mass is 879 g/mol. The fraction of sp³-hybridized carbons (Fsp3) is 0.600. The highest BCUT2D eigenvalue weighted by molar-refractivity contribution is 7.91. The van der Waals surface area contributed by atoms with E-state index in [1.54, 1.807) is 41.8 Å². The van der Waals surface area contributed by atoms with Gasteiger partial charge in [0.15, 0.2) is 0 Å². The SMILES string of the molecule is CC[C@@H]1C[C@@H](C)CCC=C[C@@H]2C[C@@]2(C(=O)NS(=O)(=O)C2(C)CC2)NC(=O)[C@@H]2C[C@@H](Oc3nc4nccn4c4ccc(Cl)cc34)CN2C(=O)[C@H]1N(C(=O)O)C(C)(C)C(F)(F)F. The minimum absolute atomic E-state index is 0.0380. The summed E-state index contributed by atoms with van der Waals surface area (Å²) in [7, 11) is -4.14. The second-order valence-corrected chi connectivity index (χ2v) is 20.1. The van der Waals surface area contributed by atoms with Crippen LogP contribution in [0.2, 0.25) is 5.02 Å². The summed E-state index contributed by atoms with van der Waals surface area (Å²) < 4.78 is 80.2. The zero-order chi connectivity index (χ0) is 43.7. The molecule has 3 fully saturated rings. The van der Waals surface area contributed by atoms with Crippen LogP contribution in [0.4, 0.5) is 18.0 Å². The molecule has 2 aromatic heterocycles. The highest BCUT2D eigenvalue weighted by atomic mass is 35.5. The average Bonchev–Trinajstić information content (AvgIpc) is 3.95. The molecule has 15 nitrogen and oxygen atoms in total. The molecule has 3 aromatic rings. The highest BCUT2D eigenvalue weighted by Crippen LogP contribution is 2.48. The van der Waals surface area contributed by atoms with Crippen LogP contribution in [0.15, 0.2) is 42.7 Å². The lowest BCUT2D eigenvalue weighted by Gasteiger charge is -2.46. The van der Waals surface area contributed by atoms with Crippen LogP contribution < -0.4 is 14.8 Å². The third kappa shape index (κ3) is 7.75. The van der Waals surface area contributed by atoms with E-state index in [2.05, 4.69) is 20.0 Å². The first-order chi connectivity index (χ1) is 28.0. The molecule has 7 rings (SSSR count). The van der Waals surface area contributed by atoms with E-state index in [0.717, 1.165) is 4.90 Å². The van der Waals surface area contributed by atoms with Crippen molar-refractivity contribution >= 4 is 62.1 Å². The number of benzene rings is 1. The second-order valence-electron chi connectivity index (χ2n) is 17.5. The quantitative estimate of drug-likeness (QED) is 0.231. The number of allylic oxidation sites excluding steroid dienone is 1. The fourth-order valence-corrected chi connectivity index (χ4v) is 10.1. The van der Waals surface area contributed by atoms with Gasteiger partial charge in [-0.25, -0.2) is 18.2 Å². The van der Waals surface area contributed by atoms with Crippen molar-refractivity contribution < 1.29 is 50.6 Å². The van der Waals surface area contributed by atoms with Crippen LogP contribution in [0.5, 0.6) is 5.88 Å². The number of imidazole rings is 1. The van der Waals surface area contributed by atoms with E-state index in [1.165, 1.54) is 13.1 Å². The first kappa shape index (κ1) is 43.4. The lowest BCUT2D eigenvalue weighted by atomic mass is 9.82. The number of carbonyl (C=O) groups is 4. The van der Waals surface area contributed by atoms with Crippen molar-refractivity contribution in [3.05, 3.63) is 47.8 Å². The molecule has 20 heteroatoms. The molecule has 3 N–H and O–H groups in total. The number of hydrogen-bond acceptors (Lipinski definition) is 9. The molecular weight excluding hydrogens is 831 g/mol. The maximum Gasteiger partial charge on any atom is 0.411 e. The average molecular weight is 880 g/mol. The third-order valence-electron chi connectivity index (χ3n) is 12.9. The third-order valence-corrected chi connectivity index (χ3v) is 15.3. The number of nitrogens with zero attached hydrogens (tertiary/aromatic N) is 5. The summed E-state index contributed by atoms with van der Waals surface area (Å²) in [5, 5.41) is 14.1. The van der Waals surface area contributed by atoms with Crippen LogP contribution in [0.3, 0.4) is 0 Å². The molecule has 4 amide bonds. The molecule has 4 heterocycles. The van der Waals surface area contributed by atoms with E-state index in [-0.39, 0.29) is 48.2 Å². The van der Waals surface area contributed by atoms with Gasteiger partial charge in [-0.3, -0.25) is 28.4 Å². The number of carbonyl (C=O) groups excluding carboxylic acids is 3. The van der Waals surface area contributed by atoms with Crippen molar-refractivity contribution in [3.8, 4) is 5.88 Å². The van der Waals surface area contributed by atoms with Gasteiger partial charge in [-0.1, -0.05) is 44.0 Å². The normalized spacial score (nSPS) is 28.6. The van der Waals surface area contributed by atoms with Crippen molar-refractivity contribution in [2.24, 2.45) is 17.8 Å². The molecule has 2 aliphatic carbocycles. The number of hydrogen-bond donors (Lipinski definition) is 3. The maximum atomic E-state index is 15.2. The Kier molecular flexibility index (Phi) is 11.1. The number of fused-ring (bicyclic) bond motifs is 5. The Labute approximate surface area is 350 Å². The summed E-state index contributed by atoms with van der Waals surface area (Å²) in [4.78, 5) is 67.0. The van der Waals surface area contributed by atoms with Crippen LogP contribution in [-0.4, -0.2) is 108 Å². The summed E-state index contributed by atoms with van der Waals surface area (Å²) in [6, 6.07) is 1.58. The van der Waals surface area contributed by atoms with Crippen LogP contribution in [-0.2, 0) is 24.4 Å². The zero-order valence-electron chi connectivity index (χ0n) is 33.8. The molecule has 0 bridgehead atoms. The number of nitrogens with one attached hydrogen (secondary N) is 2. The predicted octanol–water partition coefficient (Wildman–Crippen LogP) is 5.85. The number of alkyl halides is 3. The van der Waals surface area contributed by atoms with Crippen molar-refractivity contribution in [1.82, 2.24) is 34.2 Å². The van der Waals surface area contributed by atoms with E-state index in [0.29, 0.717) is 55.5 Å².